The van der Waals surface area contributed by atoms with Crippen molar-refractivity contribution in [3.63, 3.8) is 0 Å². The Morgan fingerprint density at radius 3 is 2.63 bits per heavy atom. The highest BCUT2D eigenvalue weighted by atomic mass is 32.2. The molecule has 4 rings (SSSR count). The molecule has 1 saturated heterocycles. The topological polar surface area (TPSA) is 97.2 Å². The molecule has 1 heterocycles. The maximum atomic E-state index is 12.5. The van der Waals surface area contributed by atoms with Crippen LogP contribution in [0.15, 0.2) is 70.6 Å². The molecule has 0 saturated carbocycles. The summed E-state index contributed by atoms with van der Waals surface area (Å²) in [6.45, 7) is 4.26. The molecule has 0 unspecified atom stereocenters. The predicted molar refractivity (Wildman–Crippen MR) is 137 cm³/mol. The fraction of sp³-hybridized carbons (Fsp3) is 0.148. The molecule has 0 aliphatic carbocycles. The molecule has 35 heavy (non-hydrogen) atoms. The van der Waals surface area contributed by atoms with E-state index in [1.54, 1.807) is 36.4 Å². The van der Waals surface area contributed by atoms with Gasteiger partial charge in [0.25, 0.3) is 5.91 Å². The Bertz CT molecular complexity index is 1360. The number of ether oxygens (including phenoxy) is 2. The van der Waals surface area contributed by atoms with Crippen LogP contribution in [0.4, 0.5) is 5.69 Å². The van der Waals surface area contributed by atoms with E-state index < -0.39 is 5.97 Å². The van der Waals surface area contributed by atoms with Gasteiger partial charge >= 0.3 is 5.97 Å². The molecular formula is C27H24N2O5S. The first-order valence-corrected chi connectivity index (χ1v) is 11.6. The number of amidine groups is 1. The van der Waals surface area contributed by atoms with Gasteiger partial charge < -0.3 is 19.9 Å². The normalized spacial score (nSPS) is 15.3. The Morgan fingerprint density at radius 1 is 1.06 bits per heavy atom. The minimum Gasteiger partial charge on any atom is -0.493 e. The molecule has 2 N–H and O–H groups in total. The lowest BCUT2D eigenvalue weighted by atomic mass is 10.1. The van der Waals surface area contributed by atoms with Crippen LogP contribution in [0.5, 0.6) is 11.5 Å². The van der Waals surface area contributed by atoms with Crippen LogP contribution in [0.1, 0.15) is 32.6 Å². The van der Waals surface area contributed by atoms with E-state index in [0.717, 1.165) is 22.4 Å². The van der Waals surface area contributed by atoms with Crippen LogP contribution in [-0.2, 0) is 11.4 Å². The Morgan fingerprint density at radius 2 is 1.89 bits per heavy atom. The van der Waals surface area contributed by atoms with E-state index in [-0.39, 0.29) is 18.1 Å². The first kappa shape index (κ1) is 24.1. The van der Waals surface area contributed by atoms with E-state index in [4.69, 9.17) is 14.6 Å². The maximum Gasteiger partial charge on any atom is 0.335 e. The van der Waals surface area contributed by atoms with Gasteiger partial charge in [0.05, 0.1) is 23.3 Å². The molecule has 0 aromatic heterocycles. The van der Waals surface area contributed by atoms with Gasteiger partial charge in [0, 0.05) is 0 Å². The zero-order chi connectivity index (χ0) is 24.9. The quantitative estimate of drug-likeness (QED) is 0.428. The Balaban J connectivity index is 1.48. The van der Waals surface area contributed by atoms with Crippen LogP contribution in [-0.4, -0.2) is 29.3 Å². The number of carbonyl (C=O) groups excluding carboxylic acids is 1. The van der Waals surface area contributed by atoms with Gasteiger partial charge in [-0.05, 0) is 90.3 Å². The standard InChI is InChI=1S/C27H24N2O5S/c1-16-7-9-21(11-17(16)2)28-27-29-25(30)24(35-27)14-18-8-10-22(23(13-18)33-3)34-15-19-5-4-6-20(12-19)26(31)32/h4-14H,15H2,1-3H3,(H,31,32)(H,28,29,30)/b24-14-. The molecule has 0 bridgehead atoms. The third-order valence-corrected chi connectivity index (χ3v) is 6.34. The number of carboxylic acid groups (broad SMARTS) is 1. The van der Waals surface area contributed by atoms with Crippen molar-refractivity contribution in [2.24, 2.45) is 4.99 Å². The molecule has 1 aliphatic heterocycles. The highest BCUT2D eigenvalue weighted by molar-refractivity contribution is 8.18. The van der Waals surface area contributed by atoms with Crippen molar-refractivity contribution >= 4 is 40.6 Å². The number of hydrogen-bond donors (Lipinski definition) is 2. The number of methoxy groups -OCH3 is 1. The molecule has 3 aromatic carbocycles. The zero-order valence-electron chi connectivity index (χ0n) is 19.5. The lowest BCUT2D eigenvalue weighted by molar-refractivity contribution is -0.115. The molecule has 1 amide bonds. The maximum absolute atomic E-state index is 12.5. The monoisotopic (exact) mass is 488 g/mol. The minimum atomic E-state index is -0.988. The fourth-order valence-electron chi connectivity index (χ4n) is 3.39. The lowest BCUT2D eigenvalue weighted by Gasteiger charge is -2.12. The number of nitrogens with one attached hydrogen (secondary N) is 1. The second kappa shape index (κ2) is 10.5. The fourth-order valence-corrected chi connectivity index (χ4v) is 4.23. The Hall–Kier alpha value is -4.04. The van der Waals surface area contributed by atoms with Crippen molar-refractivity contribution < 1.29 is 24.2 Å². The van der Waals surface area contributed by atoms with E-state index in [2.05, 4.69) is 10.3 Å². The number of hydrogen-bond acceptors (Lipinski definition) is 6. The molecule has 7 nitrogen and oxygen atoms in total. The van der Waals surface area contributed by atoms with Gasteiger partial charge in [0.15, 0.2) is 16.7 Å². The first-order chi connectivity index (χ1) is 16.8. The molecule has 8 heteroatoms. The summed E-state index contributed by atoms with van der Waals surface area (Å²) in [7, 11) is 1.54. The summed E-state index contributed by atoms with van der Waals surface area (Å²) in [4.78, 5) is 28.7. The molecular weight excluding hydrogens is 464 g/mol. The van der Waals surface area contributed by atoms with Gasteiger partial charge in [-0.15, -0.1) is 0 Å². The predicted octanol–water partition coefficient (Wildman–Crippen LogP) is 5.48. The second-order valence-corrected chi connectivity index (χ2v) is 8.99. The van der Waals surface area contributed by atoms with Crippen molar-refractivity contribution in [3.05, 3.63) is 93.4 Å². The third kappa shape index (κ3) is 5.91. The Labute approximate surface area is 207 Å². The van der Waals surface area contributed by atoms with Crippen molar-refractivity contribution in [2.45, 2.75) is 20.5 Å². The van der Waals surface area contributed by atoms with Gasteiger partial charge in [-0.2, -0.15) is 0 Å². The van der Waals surface area contributed by atoms with Crippen molar-refractivity contribution in [1.82, 2.24) is 5.32 Å². The third-order valence-electron chi connectivity index (χ3n) is 5.43. The van der Waals surface area contributed by atoms with Gasteiger partial charge in [-0.3, -0.25) is 4.79 Å². The second-order valence-electron chi connectivity index (χ2n) is 7.95. The number of aryl methyl sites for hydroxylation is 2. The van der Waals surface area contributed by atoms with Gasteiger partial charge in [-0.25, -0.2) is 9.79 Å². The molecule has 0 atom stereocenters. The first-order valence-electron chi connectivity index (χ1n) is 10.8. The summed E-state index contributed by atoms with van der Waals surface area (Å²) in [5.41, 5.74) is 4.82. The van der Waals surface area contributed by atoms with E-state index in [0.29, 0.717) is 21.6 Å². The van der Waals surface area contributed by atoms with Crippen LogP contribution >= 0.6 is 11.8 Å². The lowest BCUT2D eigenvalue weighted by Crippen LogP contribution is -2.19. The van der Waals surface area contributed by atoms with E-state index in [9.17, 15) is 9.59 Å². The van der Waals surface area contributed by atoms with Crippen LogP contribution in [0, 0.1) is 13.8 Å². The zero-order valence-corrected chi connectivity index (χ0v) is 20.3. The number of carbonyl (C=O) groups is 2. The number of benzene rings is 3. The van der Waals surface area contributed by atoms with E-state index in [1.165, 1.54) is 30.5 Å². The number of carboxylic acids is 1. The highest BCUT2D eigenvalue weighted by Gasteiger charge is 2.24. The molecule has 0 spiro atoms. The van der Waals surface area contributed by atoms with Gasteiger partial charge in [-0.1, -0.05) is 24.3 Å². The van der Waals surface area contributed by atoms with E-state index >= 15 is 0 Å². The smallest absolute Gasteiger partial charge is 0.335 e. The molecule has 1 aliphatic rings. The molecule has 3 aromatic rings. The summed E-state index contributed by atoms with van der Waals surface area (Å²) in [5, 5.41) is 12.5. The molecule has 178 valence electrons. The number of amides is 1. The minimum absolute atomic E-state index is 0.189. The number of aromatic carboxylic acids is 1. The summed E-state index contributed by atoms with van der Waals surface area (Å²) in [5.74, 6) is -0.190. The summed E-state index contributed by atoms with van der Waals surface area (Å²) < 4.78 is 11.3. The van der Waals surface area contributed by atoms with Gasteiger partial charge in [0.2, 0.25) is 0 Å². The van der Waals surface area contributed by atoms with Gasteiger partial charge in [0.1, 0.15) is 6.61 Å². The summed E-state index contributed by atoms with van der Waals surface area (Å²) >= 11 is 1.28. The largest absolute Gasteiger partial charge is 0.493 e. The van der Waals surface area contributed by atoms with Crippen LogP contribution in [0.25, 0.3) is 6.08 Å². The van der Waals surface area contributed by atoms with Crippen LogP contribution in [0.3, 0.4) is 0 Å². The average Bonchev–Trinajstić information content (AvgIpc) is 3.18. The van der Waals surface area contributed by atoms with E-state index in [1.807, 2.05) is 38.1 Å². The van der Waals surface area contributed by atoms with Crippen LogP contribution in [0.2, 0.25) is 0 Å². The Kier molecular flexibility index (Phi) is 7.22. The van der Waals surface area contributed by atoms with Crippen molar-refractivity contribution in [2.75, 3.05) is 7.11 Å². The van der Waals surface area contributed by atoms with Crippen molar-refractivity contribution in [1.29, 1.82) is 0 Å². The summed E-state index contributed by atoms with van der Waals surface area (Å²) in [6, 6.07) is 17.8. The van der Waals surface area contributed by atoms with Crippen molar-refractivity contribution in [3.8, 4) is 11.5 Å². The number of aliphatic imine (C=N–C) groups is 1. The average molecular weight is 489 g/mol. The molecule has 1 fully saturated rings. The number of rotatable bonds is 7. The SMILES string of the molecule is COc1cc(/C=C2\SC(=Nc3ccc(C)c(C)c3)NC2=O)ccc1OCc1cccc(C(=O)O)c1. The summed E-state index contributed by atoms with van der Waals surface area (Å²) in [6.07, 6.45) is 1.77. The highest BCUT2D eigenvalue weighted by Crippen LogP contribution is 2.33. The van der Waals surface area contributed by atoms with Crippen LogP contribution < -0.4 is 14.8 Å². The number of nitrogens with zero attached hydrogens (tertiary/aromatic N) is 1. The number of thioether (sulfide) groups is 1. The molecule has 0 radical (unpaired) electrons.